The average molecular weight is 786 g/mol. The van der Waals surface area contributed by atoms with Crippen molar-refractivity contribution in [3.63, 3.8) is 0 Å². The molecule has 1 unspecified atom stereocenters. The van der Waals surface area contributed by atoms with Crippen LogP contribution in [-0.4, -0.2) is 102 Å². The zero-order valence-electron chi connectivity index (χ0n) is 34.4. The first-order valence-electron chi connectivity index (χ1n) is 21.0. The van der Waals surface area contributed by atoms with Crippen molar-refractivity contribution in [1.82, 2.24) is 5.32 Å². The normalized spacial score (nSPS) is 21.0. The summed E-state index contributed by atoms with van der Waals surface area (Å²) < 4.78 is 23.5. The van der Waals surface area contributed by atoms with Crippen molar-refractivity contribution in [1.29, 1.82) is 0 Å². The van der Waals surface area contributed by atoms with Crippen LogP contribution in [-0.2, 0) is 23.2 Å². The van der Waals surface area contributed by atoms with Crippen LogP contribution in [0.2, 0.25) is 0 Å². The largest absolute Gasteiger partial charge is 0.472 e. The van der Waals surface area contributed by atoms with E-state index in [-0.39, 0.29) is 37.1 Å². The van der Waals surface area contributed by atoms with Gasteiger partial charge >= 0.3 is 7.82 Å². The fourth-order valence-corrected chi connectivity index (χ4v) is 7.23. The van der Waals surface area contributed by atoms with E-state index in [0.717, 1.165) is 38.5 Å². The molecule has 0 heterocycles. The van der Waals surface area contributed by atoms with Crippen LogP contribution in [0.1, 0.15) is 142 Å². The van der Waals surface area contributed by atoms with Crippen molar-refractivity contribution in [2.45, 2.75) is 167 Å². The molecule has 1 aliphatic rings. The lowest BCUT2D eigenvalue weighted by Crippen LogP contribution is -2.45. The molecule has 1 fully saturated rings. The molecule has 11 nitrogen and oxygen atoms in total. The molecule has 1 aliphatic carbocycles. The number of amides is 1. The number of quaternary nitrogens is 1. The number of carbonyl (C=O) groups is 2. The van der Waals surface area contributed by atoms with E-state index in [1.165, 1.54) is 51.4 Å². The van der Waals surface area contributed by atoms with Crippen LogP contribution in [0.25, 0.3) is 0 Å². The molecule has 0 aromatic rings. The van der Waals surface area contributed by atoms with Gasteiger partial charge in [-0.3, -0.25) is 18.6 Å². The first kappa shape index (κ1) is 50.3. The Kier molecular flexibility index (Phi) is 27.5. The minimum Gasteiger partial charge on any atom is -0.392 e. The Morgan fingerprint density at radius 1 is 0.870 bits per heavy atom. The summed E-state index contributed by atoms with van der Waals surface area (Å²) in [5.74, 6) is -1.02. The summed E-state index contributed by atoms with van der Waals surface area (Å²) in [6.45, 7) is 4.44. The third-order valence-corrected chi connectivity index (χ3v) is 11.0. The number of carbonyl (C=O) groups excluding carboxylic acids is 2. The zero-order valence-corrected chi connectivity index (χ0v) is 35.3. The van der Waals surface area contributed by atoms with Crippen molar-refractivity contribution in [2.75, 3.05) is 40.9 Å². The number of aliphatic hydroxyl groups is 3. The summed E-state index contributed by atoms with van der Waals surface area (Å²) in [5.41, 5.74) is 0. The Bertz CT molecular complexity index is 1140. The standard InChI is InChI=1S/C42H77N2O9P/c1-6-8-10-11-12-13-14-15-16-17-18-23-27-39(46)38(34-53-54(50,51)52-32-31-44(3,4)5)43-42(49)28-24-20-19-22-26-36-37(41(48)33-40(36)47)30-29-35(45)25-21-9-7-2/h19,22-23,27,29-30,35-40,45-47H,6-18,20-21,24-26,28,31-34H2,1-5H3,(H-,43,49,50,51)/p+1/b22-19-,27-23+,30-29+/t35-,36+,37+,38-,39+,40-/m0/s1. The lowest BCUT2D eigenvalue weighted by atomic mass is 9.90. The Labute approximate surface area is 327 Å². The Hall–Kier alpha value is -1.69. The third kappa shape index (κ3) is 25.5. The van der Waals surface area contributed by atoms with E-state index in [1.807, 2.05) is 39.4 Å². The van der Waals surface area contributed by atoms with Gasteiger partial charge in [0.2, 0.25) is 5.91 Å². The molecule has 1 saturated carbocycles. The van der Waals surface area contributed by atoms with Crippen LogP contribution in [0, 0.1) is 11.8 Å². The number of Topliss-reactive ketones (excluding diaryl/α,β-unsaturated/α-hetero) is 1. The van der Waals surface area contributed by atoms with Gasteiger partial charge in [-0.1, -0.05) is 127 Å². The molecule has 0 aliphatic heterocycles. The van der Waals surface area contributed by atoms with Gasteiger partial charge in [-0.15, -0.1) is 0 Å². The van der Waals surface area contributed by atoms with Gasteiger partial charge in [-0.25, -0.2) is 4.57 Å². The highest BCUT2D eigenvalue weighted by atomic mass is 31.2. The fraction of sp³-hybridized carbons (Fsp3) is 0.810. The summed E-state index contributed by atoms with van der Waals surface area (Å²) in [6.07, 6.45) is 27.1. The summed E-state index contributed by atoms with van der Waals surface area (Å²) in [6, 6.07) is -0.948. The number of aliphatic hydroxyl groups excluding tert-OH is 3. The van der Waals surface area contributed by atoms with E-state index in [1.54, 1.807) is 18.2 Å². The van der Waals surface area contributed by atoms with Gasteiger partial charge in [0.1, 0.15) is 18.9 Å². The first-order valence-corrected chi connectivity index (χ1v) is 22.5. The van der Waals surface area contributed by atoms with Crippen molar-refractivity contribution >= 4 is 19.5 Å². The summed E-state index contributed by atoms with van der Waals surface area (Å²) in [4.78, 5) is 35.7. The van der Waals surface area contributed by atoms with Gasteiger partial charge in [0.05, 0.1) is 52.1 Å². The molecule has 1 amide bonds. The highest BCUT2D eigenvalue weighted by Gasteiger charge is 2.39. The molecule has 0 bridgehead atoms. The van der Waals surface area contributed by atoms with Crippen LogP contribution in [0.15, 0.2) is 36.5 Å². The lowest BCUT2D eigenvalue weighted by Gasteiger charge is -2.25. The summed E-state index contributed by atoms with van der Waals surface area (Å²) in [5, 5.41) is 34.5. The van der Waals surface area contributed by atoms with E-state index >= 15 is 0 Å². The van der Waals surface area contributed by atoms with Gasteiger partial charge in [0, 0.05) is 24.7 Å². The van der Waals surface area contributed by atoms with E-state index in [0.29, 0.717) is 36.7 Å². The number of phosphoric ester groups is 1. The van der Waals surface area contributed by atoms with E-state index in [9.17, 15) is 34.4 Å². The molecule has 5 N–H and O–H groups in total. The van der Waals surface area contributed by atoms with Gasteiger partial charge < -0.3 is 30.0 Å². The van der Waals surface area contributed by atoms with Crippen molar-refractivity contribution in [3.8, 4) is 0 Å². The molecule has 54 heavy (non-hydrogen) atoms. The van der Waals surface area contributed by atoms with Crippen molar-refractivity contribution in [3.05, 3.63) is 36.5 Å². The number of allylic oxidation sites excluding steroid dienone is 4. The molecule has 0 spiro atoms. The maximum absolute atomic E-state index is 12.9. The molecule has 0 radical (unpaired) electrons. The maximum Gasteiger partial charge on any atom is 0.472 e. The Balaban J connectivity index is 2.62. The number of unbranched alkanes of at least 4 members (excludes halogenated alkanes) is 13. The van der Waals surface area contributed by atoms with Crippen molar-refractivity contribution in [2.24, 2.45) is 11.8 Å². The maximum atomic E-state index is 12.9. The molecule has 7 atom stereocenters. The number of rotatable bonds is 33. The number of phosphoric acid groups is 1. The molecule has 0 aromatic carbocycles. The second-order valence-corrected chi connectivity index (χ2v) is 17.6. The fourth-order valence-electron chi connectivity index (χ4n) is 6.49. The molecular weight excluding hydrogens is 707 g/mol. The molecule has 314 valence electrons. The minimum absolute atomic E-state index is 0.0127. The van der Waals surface area contributed by atoms with Crippen LogP contribution in [0.4, 0.5) is 0 Å². The minimum atomic E-state index is -4.41. The quantitative estimate of drug-likeness (QED) is 0.0194. The SMILES string of the molecule is CCCCCCCCCCCC/C=C/[C@@H](O)[C@H](COP(=O)(O)OCC[N+](C)(C)C)NC(=O)CCC/C=C\C[C@H]1[C@@H](O)CC(=O)[C@@H]1/C=C/[C@@H](O)CCCCC. The number of hydrogen-bond donors (Lipinski definition) is 5. The second-order valence-electron chi connectivity index (χ2n) is 16.1. The van der Waals surface area contributed by atoms with Crippen LogP contribution in [0.5, 0.6) is 0 Å². The highest BCUT2D eigenvalue weighted by molar-refractivity contribution is 7.47. The van der Waals surface area contributed by atoms with Gasteiger partial charge in [-0.05, 0) is 38.5 Å². The average Bonchev–Trinajstić information content (AvgIpc) is 3.37. The van der Waals surface area contributed by atoms with E-state index in [4.69, 9.17) is 9.05 Å². The predicted octanol–water partition coefficient (Wildman–Crippen LogP) is 7.72. The Morgan fingerprint density at radius 3 is 2.13 bits per heavy atom. The van der Waals surface area contributed by atoms with Gasteiger partial charge in [-0.2, -0.15) is 0 Å². The number of nitrogens with zero attached hydrogens (tertiary/aromatic N) is 1. The highest BCUT2D eigenvalue weighted by Crippen LogP contribution is 2.43. The topological polar surface area (TPSA) is 163 Å². The molecule has 0 saturated heterocycles. The number of likely N-dealkylation sites (N-methyl/N-ethyl adjacent to an activating group) is 1. The second kappa shape index (κ2) is 29.5. The third-order valence-electron chi connectivity index (χ3n) is 9.98. The van der Waals surface area contributed by atoms with E-state index in [2.05, 4.69) is 19.2 Å². The smallest absolute Gasteiger partial charge is 0.392 e. The summed E-state index contributed by atoms with van der Waals surface area (Å²) in [7, 11) is 1.40. The number of hydrogen-bond acceptors (Lipinski definition) is 8. The van der Waals surface area contributed by atoms with Crippen LogP contribution in [0.3, 0.4) is 0 Å². The lowest BCUT2D eigenvalue weighted by molar-refractivity contribution is -0.870. The molecule has 12 heteroatoms. The van der Waals surface area contributed by atoms with E-state index < -0.39 is 44.7 Å². The summed E-state index contributed by atoms with van der Waals surface area (Å²) >= 11 is 0. The monoisotopic (exact) mass is 786 g/mol. The number of ketones is 1. The zero-order chi connectivity index (χ0) is 40.2. The van der Waals surface area contributed by atoms with Gasteiger partial charge in [0.15, 0.2) is 0 Å². The predicted molar refractivity (Wildman–Crippen MR) is 218 cm³/mol. The first-order chi connectivity index (χ1) is 25.7. The molecule has 1 rings (SSSR count). The molecular formula is C42H78N2O9P+. The van der Waals surface area contributed by atoms with Crippen LogP contribution >= 0.6 is 7.82 Å². The Morgan fingerprint density at radius 2 is 1.48 bits per heavy atom. The number of nitrogens with one attached hydrogen (secondary N) is 1. The van der Waals surface area contributed by atoms with Crippen LogP contribution < -0.4 is 5.32 Å². The van der Waals surface area contributed by atoms with Gasteiger partial charge in [0.25, 0.3) is 0 Å². The molecule has 0 aromatic heterocycles. The van der Waals surface area contributed by atoms with Crippen molar-refractivity contribution < 1.29 is 47.9 Å².